The topological polar surface area (TPSA) is 46.9 Å². The Bertz CT molecular complexity index is 331. The van der Waals surface area contributed by atoms with Gasteiger partial charge in [-0.2, -0.15) is 5.10 Å². The van der Waals surface area contributed by atoms with E-state index in [1.807, 2.05) is 26.8 Å². The van der Waals surface area contributed by atoms with E-state index in [4.69, 9.17) is 0 Å². The fraction of sp³-hybridized carbons (Fsp3) is 0.636. The average molecular weight is 209 g/mol. The third kappa shape index (κ3) is 2.81. The lowest BCUT2D eigenvalue weighted by molar-refractivity contribution is 0.0943. The molecule has 0 unspecified atom stereocenters. The molecule has 84 valence electrons. The summed E-state index contributed by atoms with van der Waals surface area (Å²) in [4.78, 5) is 11.7. The number of aromatic nitrogens is 2. The van der Waals surface area contributed by atoms with Crippen LogP contribution in [0.15, 0.2) is 6.07 Å². The summed E-state index contributed by atoms with van der Waals surface area (Å²) in [7, 11) is 0. The van der Waals surface area contributed by atoms with Crippen LogP contribution >= 0.6 is 0 Å². The first-order valence-electron chi connectivity index (χ1n) is 5.57. The van der Waals surface area contributed by atoms with Crippen molar-refractivity contribution in [2.24, 2.45) is 0 Å². The van der Waals surface area contributed by atoms with Crippen molar-refractivity contribution in [2.45, 2.75) is 40.2 Å². The van der Waals surface area contributed by atoms with E-state index in [9.17, 15) is 4.79 Å². The highest BCUT2D eigenvalue weighted by Crippen LogP contribution is 2.05. The molecule has 0 aromatic carbocycles. The average Bonchev–Trinajstić information content (AvgIpc) is 2.69. The lowest BCUT2D eigenvalue weighted by Crippen LogP contribution is -2.26. The van der Waals surface area contributed by atoms with Gasteiger partial charge < -0.3 is 5.32 Å². The lowest BCUT2D eigenvalue weighted by Gasteiger charge is -2.04. The standard InChI is InChI=1S/C11H19N3O/c1-4-7-12-11(15)10-8-9(5-2)13-14(10)6-3/h8H,4-7H2,1-3H3,(H,12,15). The first kappa shape index (κ1) is 11.8. The van der Waals surface area contributed by atoms with E-state index in [0.29, 0.717) is 5.69 Å². The number of nitrogens with one attached hydrogen (secondary N) is 1. The summed E-state index contributed by atoms with van der Waals surface area (Å²) in [6.45, 7) is 7.51. The van der Waals surface area contributed by atoms with Crippen LogP contribution in [0.4, 0.5) is 0 Å². The summed E-state index contributed by atoms with van der Waals surface area (Å²) >= 11 is 0. The van der Waals surface area contributed by atoms with Gasteiger partial charge in [0.2, 0.25) is 0 Å². The molecule has 0 aliphatic rings. The van der Waals surface area contributed by atoms with Crippen molar-refractivity contribution in [1.82, 2.24) is 15.1 Å². The van der Waals surface area contributed by atoms with Crippen molar-refractivity contribution < 1.29 is 4.79 Å². The Morgan fingerprint density at radius 1 is 1.47 bits per heavy atom. The first-order chi connectivity index (χ1) is 7.22. The third-order valence-electron chi connectivity index (χ3n) is 2.26. The van der Waals surface area contributed by atoms with Gasteiger partial charge in [-0.1, -0.05) is 13.8 Å². The van der Waals surface area contributed by atoms with Crippen LogP contribution in [0, 0.1) is 0 Å². The SMILES string of the molecule is CCCNC(=O)c1cc(CC)nn1CC. The smallest absolute Gasteiger partial charge is 0.269 e. The Morgan fingerprint density at radius 3 is 2.73 bits per heavy atom. The summed E-state index contributed by atoms with van der Waals surface area (Å²) in [5.41, 5.74) is 1.64. The van der Waals surface area contributed by atoms with E-state index in [0.717, 1.165) is 31.6 Å². The minimum absolute atomic E-state index is 0.0223. The van der Waals surface area contributed by atoms with Crippen LogP contribution in [0.5, 0.6) is 0 Å². The van der Waals surface area contributed by atoms with E-state index >= 15 is 0 Å². The lowest BCUT2D eigenvalue weighted by atomic mass is 10.3. The molecule has 15 heavy (non-hydrogen) atoms. The monoisotopic (exact) mass is 209 g/mol. The van der Waals surface area contributed by atoms with E-state index in [1.54, 1.807) is 4.68 Å². The normalized spacial score (nSPS) is 10.3. The van der Waals surface area contributed by atoms with Crippen molar-refractivity contribution in [3.63, 3.8) is 0 Å². The summed E-state index contributed by atoms with van der Waals surface area (Å²) in [5.74, 6) is -0.0223. The first-order valence-corrected chi connectivity index (χ1v) is 5.57. The van der Waals surface area contributed by atoms with Crippen LogP contribution in [0.1, 0.15) is 43.4 Å². The van der Waals surface area contributed by atoms with Gasteiger partial charge in [0.1, 0.15) is 5.69 Å². The van der Waals surface area contributed by atoms with Gasteiger partial charge in [-0.3, -0.25) is 9.48 Å². The van der Waals surface area contributed by atoms with E-state index in [2.05, 4.69) is 10.4 Å². The van der Waals surface area contributed by atoms with Gasteiger partial charge in [0.15, 0.2) is 0 Å². The maximum Gasteiger partial charge on any atom is 0.269 e. The number of rotatable bonds is 5. The highest BCUT2D eigenvalue weighted by molar-refractivity contribution is 5.92. The van der Waals surface area contributed by atoms with Crippen molar-refractivity contribution >= 4 is 5.91 Å². The summed E-state index contributed by atoms with van der Waals surface area (Å²) in [5, 5.41) is 7.19. The van der Waals surface area contributed by atoms with Crippen LogP contribution in [-0.2, 0) is 13.0 Å². The fourth-order valence-electron chi connectivity index (χ4n) is 1.40. The maximum atomic E-state index is 11.7. The number of nitrogens with zero attached hydrogens (tertiary/aromatic N) is 2. The zero-order valence-corrected chi connectivity index (χ0v) is 9.71. The van der Waals surface area contributed by atoms with Crippen LogP contribution < -0.4 is 5.32 Å². The Kier molecular flexibility index (Phi) is 4.34. The molecule has 1 heterocycles. The molecule has 1 aromatic heterocycles. The van der Waals surface area contributed by atoms with Gasteiger partial charge in [-0.25, -0.2) is 0 Å². The Labute approximate surface area is 90.7 Å². The summed E-state index contributed by atoms with van der Waals surface area (Å²) in [6.07, 6.45) is 1.81. The van der Waals surface area contributed by atoms with Crippen molar-refractivity contribution in [1.29, 1.82) is 0 Å². The van der Waals surface area contributed by atoms with Crippen LogP contribution in [0.2, 0.25) is 0 Å². The Morgan fingerprint density at radius 2 is 2.20 bits per heavy atom. The molecule has 0 saturated heterocycles. The molecule has 0 radical (unpaired) electrons. The van der Waals surface area contributed by atoms with Gasteiger partial charge in [0.25, 0.3) is 5.91 Å². The van der Waals surface area contributed by atoms with Crippen molar-refractivity contribution in [3.8, 4) is 0 Å². The third-order valence-corrected chi connectivity index (χ3v) is 2.26. The second-order valence-corrected chi connectivity index (χ2v) is 3.45. The minimum Gasteiger partial charge on any atom is -0.351 e. The second-order valence-electron chi connectivity index (χ2n) is 3.45. The molecule has 0 aliphatic heterocycles. The van der Waals surface area contributed by atoms with Crippen LogP contribution in [-0.4, -0.2) is 22.2 Å². The molecule has 0 bridgehead atoms. The number of carbonyl (C=O) groups is 1. The number of aryl methyl sites for hydroxylation is 2. The van der Waals surface area contributed by atoms with Crippen molar-refractivity contribution in [3.05, 3.63) is 17.5 Å². The van der Waals surface area contributed by atoms with Gasteiger partial charge >= 0.3 is 0 Å². The van der Waals surface area contributed by atoms with Gasteiger partial charge in [0.05, 0.1) is 5.69 Å². The largest absolute Gasteiger partial charge is 0.351 e. The zero-order valence-electron chi connectivity index (χ0n) is 9.71. The van der Waals surface area contributed by atoms with Gasteiger partial charge in [-0.15, -0.1) is 0 Å². The Hall–Kier alpha value is -1.32. The molecule has 0 aliphatic carbocycles. The number of hydrogen-bond acceptors (Lipinski definition) is 2. The molecule has 1 amide bonds. The van der Waals surface area contributed by atoms with E-state index in [1.165, 1.54) is 0 Å². The highest BCUT2D eigenvalue weighted by Gasteiger charge is 2.12. The van der Waals surface area contributed by atoms with Crippen LogP contribution in [0.25, 0.3) is 0 Å². The Balaban J connectivity index is 2.81. The molecule has 0 fully saturated rings. The second kappa shape index (κ2) is 5.53. The molecule has 4 nitrogen and oxygen atoms in total. The van der Waals surface area contributed by atoms with E-state index in [-0.39, 0.29) is 5.91 Å². The molecule has 0 atom stereocenters. The number of hydrogen-bond donors (Lipinski definition) is 1. The molecular formula is C11H19N3O. The predicted octanol–water partition coefficient (Wildman–Crippen LogP) is 1.61. The quantitative estimate of drug-likeness (QED) is 0.800. The molecule has 1 aromatic rings. The van der Waals surface area contributed by atoms with Gasteiger partial charge in [-0.05, 0) is 25.8 Å². The van der Waals surface area contributed by atoms with Gasteiger partial charge in [0, 0.05) is 13.1 Å². The molecule has 0 saturated carbocycles. The molecule has 4 heteroatoms. The number of carbonyl (C=O) groups excluding carboxylic acids is 1. The predicted molar refractivity (Wildman–Crippen MR) is 59.9 cm³/mol. The summed E-state index contributed by atoms with van der Waals surface area (Å²) < 4.78 is 1.75. The molecular weight excluding hydrogens is 190 g/mol. The number of amides is 1. The van der Waals surface area contributed by atoms with Crippen molar-refractivity contribution in [2.75, 3.05) is 6.54 Å². The molecule has 1 rings (SSSR count). The summed E-state index contributed by atoms with van der Waals surface area (Å²) in [6, 6.07) is 1.87. The maximum absolute atomic E-state index is 11.7. The fourth-order valence-corrected chi connectivity index (χ4v) is 1.40. The zero-order chi connectivity index (χ0) is 11.3. The highest BCUT2D eigenvalue weighted by atomic mass is 16.2. The van der Waals surface area contributed by atoms with Crippen LogP contribution in [0.3, 0.4) is 0 Å². The molecule has 0 spiro atoms. The molecule has 1 N–H and O–H groups in total. The minimum atomic E-state index is -0.0223. The van der Waals surface area contributed by atoms with E-state index < -0.39 is 0 Å².